The fraction of sp³-hybridized carbons (Fsp3) is 0.200. The second-order valence-electron chi connectivity index (χ2n) is 5.64. The number of anilines is 1. The Labute approximate surface area is 162 Å². The molecule has 1 heterocycles. The minimum absolute atomic E-state index is 0.0485. The lowest BCUT2D eigenvalue weighted by Crippen LogP contribution is -2.28. The van der Waals surface area contributed by atoms with Crippen molar-refractivity contribution in [1.82, 2.24) is 9.97 Å². The first-order valence-corrected chi connectivity index (χ1v) is 8.29. The molecule has 1 atom stereocenters. The van der Waals surface area contributed by atoms with Gasteiger partial charge in [-0.2, -0.15) is 0 Å². The number of nitrogens with one attached hydrogen (secondary N) is 1. The first kappa shape index (κ1) is 20.6. The molecule has 28 heavy (non-hydrogen) atoms. The lowest BCUT2D eigenvalue weighted by molar-refractivity contribution is -0.141. The van der Waals surface area contributed by atoms with Crippen molar-refractivity contribution in [1.29, 1.82) is 0 Å². The smallest absolute Gasteiger partial charge is 0.356 e. The second kappa shape index (κ2) is 9.31. The van der Waals surface area contributed by atoms with Crippen LogP contribution in [0.3, 0.4) is 0 Å². The number of allylic oxidation sites excluding steroid dienone is 1. The Bertz CT molecular complexity index is 893. The van der Waals surface area contributed by atoms with E-state index in [1.807, 2.05) is 0 Å². The highest BCUT2D eigenvalue weighted by atomic mass is 16.5. The van der Waals surface area contributed by atoms with Crippen LogP contribution in [0.5, 0.6) is 5.75 Å². The van der Waals surface area contributed by atoms with E-state index in [2.05, 4.69) is 33.2 Å². The topological polar surface area (TPSA) is 99.6 Å². The summed E-state index contributed by atoms with van der Waals surface area (Å²) in [5, 5.41) is 2.89. The van der Waals surface area contributed by atoms with Crippen molar-refractivity contribution in [3.63, 3.8) is 0 Å². The standard InChI is InChI=1S/C20H21N3O5/c1-6-12(2)28-15-9-7-14(8-10-15)18-22-16(20(25)27-5)11-17(23-18)21-13(3)19(24)26-4/h6-11,13H,1-2H2,3-5H3,(H,21,22,23). The zero-order valence-electron chi connectivity index (χ0n) is 15.9. The van der Waals surface area contributed by atoms with Crippen LogP contribution >= 0.6 is 0 Å². The zero-order chi connectivity index (χ0) is 20.7. The largest absolute Gasteiger partial charge is 0.467 e. The van der Waals surface area contributed by atoms with Crippen LogP contribution in [-0.2, 0) is 14.3 Å². The van der Waals surface area contributed by atoms with Gasteiger partial charge in [-0.25, -0.2) is 19.6 Å². The molecular weight excluding hydrogens is 362 g/mol. The molecule has 1 N–H and O–H groups in total. The average Bonchev–Trinajstić information content (AvgIpc) is 2.72. The van der Waals surface area contributed by atoms with Crippen LogP contribution in [-0.4, -0.2) is 42.2 Å². The number of carbonyl (C=O) groups excluding carboxylic acids is 2. The van der Waals surface area contributed by atoms with Crippen LogP contribution in [0.15, 0.2) is 55.3 Å². The van der Waals surface area contributed by atoms with E-state index in [9.17, 15) is 9.59 Å². The van der Waals surface area contributed by atoms with E-state index in [1.54, 1.807) is 31.2 Å². The molecular formula is C20H21N3O5. The van der Waals surface area contributed by atoms with Gasteiger partial charge in [-0.1, -0.05) is 13.2 Å². The predicted octanol–water partition coefficient (Wildman–Crippen LogP) is 2.98. The molecule has 2 rings (SSSR count). The van der Waals surface area contributed by atoms with E-state index in [1.165, 1.54) is 26.4 Å². The summed E-state index contributed by atoms with van der Waals surface area (Å²) in [5.41, 5.74) is 0.684. The van der Waals surface area contributed by atoms with Gasteiger partial charge in [0, 0.05) is 11.6 Å². The molecule has 8 nitrogen and oxygen atoms in total. The number of esters is 2. The van der Waals surface area contributed by atoms with E-state index in [0.29, 0.717) is 17.1 Å². The Morgan fingerprint density at radius 3 is 2.39 bits per heavy atom. The Balaban J connectivity index is 2.37. The van der Waals surface area contributed by atoms with Gasteiger partial charge in [-0.3, -0.25) is 0 Å². The van der Waals surface area contributed by atoms with Crippen molar-refractivity contribution in [2.75, 3.05) is 19.5 Å². The summed E-state index contributed by atoms with van der Waals surface area (Å²) in [7, 11) is 2.54. The van der Waals surface area contributed by atoms with Gasteiger partial charge in [0.15, 0.2) is 11.5 Å². The number of ether oxygens (including phenoxy) is 3. The molecule has 1 aromatic carbocycles. The van der Waals surface area contributed by atoms with Crippen LogP contribution in [0.1, 0.15) is 17.4 Å². The van der Waals surface area contributed by atoms with Crippen LogP contribution in [0.25, 0.3) is 11.4 Å². The fourth-order valence-electron chi connectivity index (χ4n) is 2.18. The number of rotatable bonds is 8. The molecule has 0 saturated heterocycles. The molecule has 0 aliphatic heterocycles. The summed E-state index contributed by atoms with van der Waals surface area (Å²) >= 11 is 0. The quantitative estimate of drug-likeness (QED) is 0.422. The Hall–Kier alpha value is -3.68. The maximum absolute atomic E-state index is 12.0. The Morgan fingerprint density at radius 2 is 1.82 bits per heavy atom. The fourth-order valence-corrected chi connectivity index (χ4v) is 2.18. The van der Waals surface area contributed by atoms with Crippen molar-refractivity contribution < 1.29 is 23.8 Å². The van der Waals surface area contributed by atoms with Gasteiger partial charge in [0.2, 0.25) is 0 Å². The number of aromatic nitrogens is 2. The van der Waals surface area contributed by atoms with Crippen molar-refractivity contribution >= 4 is 17.8 Å². The highest BCUT2D eigenvalue weighted by Gasteiger charge is 2.17. The normalized spacial score (nSPS) is 11.1. The molecule has 0 saturated carbocycles. The third-order valence-corrected chi connectivity index (χ3v) is 3.63. The van der Waals surface area contributed by atoms with E-state index in [4.69, 9.17) is 9.47 Å². The summed E-state index contributed by atoms with van der Waals surface area (Å²) in [4.78, 5) is 32.2. The summed E-state index contributed by atoms with van der Waals surface area (Å²) in [5.74, 6) is 0.444. The van der Waals surface area contributed by atoms with E-state index in [0.717, 1.165) is 0 Å². The minimum Gasteiger partial charge on any atom is -0.467 e. The third-order valence-electron chi connectivity index (χ3n) is 3.63. The molecule has 8 heteroatoms. The van der Waals surface area contributed by atoms with Gasteiger partial charge < -0.3 is 19.5 Å². The highest BCUT2D eigenvalue weighted by Crippen LogP contribution is 2.23. The number of hydrogen-bond acceptors (Lipinski definition) is 8. The second-order valence-corrected chi connectivity index (χ2v) is 5.64. The van der Waals surface area contributed by atoms with Gasteiger partial charge in [0.05, 0.1) is 14.2 Å². The minimum atomic E-state index is -0.668. The van der Waals surface area contributed by atoms with Crippen molar-refractivity contribution in [2.24, 2.45) is 0 Å². The van der Waals surface area contributed by atoms with Crippen LogP contribution < -0.4 is 10.1 Å². The summed E-state index contributed by atoms with van der Waals surface area (Å²) < 4.78 is 14.9. The van der Waals surface area contributed by atoms with Crippen LogP contribution in [0, 0.1) is 0 Å². The van der Waals surface area contributed by atoms with Crippen LogP contribution in [0.2, 0.25) is 0 Å². The van der Waals surface area contributed by atoms with Gasteiger partial charge in [-0.05, 0) is 37.3 Å². The maximum atomic E-state index is 12.0. The Morgan fingerprint density at radius 1 is 1.14 bits per heavy atom. The van der Waals surface area contributed by atoms with Gasteiger partial charge in [-0.15, -0.1) is 0 Å². The number of methoxy groups -OCH3 is 2. The first-order valence-electron chi connectivity index (χ1n) is 8.29. The molecule has 1 aromatic heterocycles. The lowest BCUT2D eigenvalue weighted by atomic mass is 10.2. The van der Waals surface area contributed by atoms with Crippen molar-refractivity contribution in [3.05, 3.63) is 61.0 Å². The SMILES string of the molecule is C=CC(=C)Oc1ccc(-c2nc(NC(C)C(=O)OC)cc(C(=O)OC)n2)cc1. The summed E-state index contributed by atoms with van der Waals surface area (Å²) in [6.45, 7) is 8.88. The number of hydrogen-bond donors (Lipinski definition) is 1. The van der Waals surface area contributed by atoms with Crippen molar-refractivity contribution in [3.8, 4) is 17.1 Å². The molecule has 0 bridgehead atoms. The molecule has 0 aliphatic rings. The third kappa shape index (κ3) is 5.16. The zero-order valence-corrected chi connectivity index (χ0v) is 15.9. The molecule has 1 unspecified atom stereocenters. The molecule has 0 amide bonds. The highest BCUT2D eigenvalue weighted by molar-refractivity contribution is 5.89. The number of nitrogens with zero attached hydrogens (tertiary/aromatic N) is 2. The number of carbonyl (C=O) groups is 2. The predicted molar refractivity (Wildman–Crippen MR) is 104 cm³/mol. The van der Waals surface area contributed by atoms with E-state index in [-0.39, 0.29) is 17.3 Å². The summed E-state index contributed by atoms with van der Waals surface area (Å²) in [6, 6.07) is 7.62. The van der Waals surface area contributed by atoms with Gasteiger partial charge >= 0.3 is 11.9 Å². The van der Waals surface area contributed by atoms with E-state index >= 15 is 0 Å². The molecule has 0 aliphatic carbocycles. The molecule has 0 spiro atoms. The van der Waals surface area contributed by atoms with Gasteiger partial charge in [0.25, 0.3) is 0 Å². The molecule has 0 fully saturated rings. The Kier molecular flexibility index (Phi) is 6.86. The lowest BCUT2D eigenvalue weighted by Gasteiger charge is -2.14. The molecule has 0 radical (unpaired) electrons. The van der Waals surface area contributed by atoms with E-state index < -0.39 is 18.0 Å². The van der Waals surface area contributed by atoms with Crippen LogP contribution in [0.4, 0.5) is 5.82 Å². The van der Waals surface area contributed by atoms with Crippen molar-refractivity contribution in [2.45, 2.75) is 13.0 Å². The van der Waals surface area contributed by atoms with Gasteiger partial charge in [0.1, 0.15) is 23.4 Å². The summed E-state index contributed by atoms with van der Waals surface area (Å²) in [6.07, 6.45) is 1.50. The maximum Gasteiger partial charge on any atom is 0.356 e. The first-order chi connectivity index (χ1) is 13.4. The molecule has 2 aromatic rings. The monoisotopic (exact) mass is 383 g/mol. The molecule has 146 valence electrons. The average molecular weight is 383 g/mol. The number of benzene rings is 1.